The molecule has 4 rings (SSSR count). The zero-order chi connectivity index (χ0) is 19.9. The van der Waals surface area contributed by atoms with Crippen molar-refractivity contribution in [2.75, 3.05) is 32.8 Å². The van der Waals surface area contributed by atoms with Crippen LogP contribution in [0.4, 0.5) is 0 Å². The van der Waals surface area contributed by atoms with Crippen LogP contribution < -0.4 is 0 Å². The average molecular weight is 425 g/mol. The third-order valence-electron chi connectivity index (χ3n) is 5.33. The molecule has 1 fully saturated rings. The average Bonchev–Trinajstić information content (AvgIpc) is 3.26. The molecule has 10 heteroatoms. The Morgan fingerprint density at radius 2 is 2.00 bits per heavy atom. The first-order chi connectivity index (χ1) is 13.4. The van der Waals surface area contributed by atoms with Gasteiger partial charge in [0.1, 0.15) is 11.4 Å². The highest BCUT2D eigenvalue weighted by atomic mass is 32.2. The molecule has 0 radical (unpaired) electrons. The van der Waals surface area contributed by atoms with Gasteiger partial charge >= 0.3 is 0 Å². The van der Waals surface area contributed by atoms with Gasteiger partial charge < -0.3 is 9.64 Å². The van der Waals surface area contributed by atoms with E-state index in [-0.39, 0.29) is 17.3 Å². The predicted octanol–water partition coefficient (Wildman–Crippen LogP) is 1.17. The van der Waals surface area contributed by atoms with Gasteiger partial charge in [0, 0.05) is 31.1 Å². The Morgan fingerprint density at radius 1 is 1.25 bits per heavy atom. The van der Waals surface area contributed by atoms with Crippen molar-refractivity contribution in [2.45, 2.75) is 38.3 Å². The van der Waals surface area contributed by atoms with Crippen LogP contribution in [0.25, 0.3) is 0 Å². The molecule has 2 aromatic rings. The van der Waals surface area contributed by atoms with Crippen molar-refractivity contribution in [1.29, 1.82) is 0 Å². The van der Waals surface area contributed by atoms with Crippen LogP contribution in [0.3, 0.4) is 0 Å². The number of carbonyl (C=O) groups excluding carboxylic acids is 1. The van der Waals surface area contributed by atoms with E-state index in [4.69, 9.17) is 4.74 Å². The highest BCUT2D eigenvalue weighted by molar-refractivity contribution is 7.89. The molecule has 0 aliphatic carbocycles. The molecule has 2 aliphatic heterocycles. The number of aryl methyl sites for hydroxylation is 1. The number of aromatic nitrogens is 2. The number of amides is 1. The van der Waals surface area contributed by atoms with E-state index < -0.39 is 10.0 Å². The molecule has 28 heavy (non-hydrogen) atoms. The topological polar surface area (TPSA) is 84.7 Å². The molecule has 1 amide bonds. The van der Waals surface area contributed by atoms with Crippen LogP contribution in [0.5, 0.6) is 0 Å². The number of thiophene rings is 1. The van der Waals surface area contributed by atoms with Gasteiger partial charge in [0.05, 0.1) is 24.6 Å². The SMILES string of the molecule is Cc1nn(CC(=O)N2CCc3sccc3C2)c(C)c1S(=O)(=O)N1CCOCC1. The number of sulfonamides is 1. The number of ether oxygens (including phenoxy) is 1. The second-order valence-corrected chi connectivity index (χ2v) is 9.98. The summed E-state index contributed by atoms with van der Waals surface area (Å²) >= 11 is 1.73. The second kappa shape index (κ2) is 7.58. The van der Waals surface area contributed by atoms with Crippen molar-refractivity contribution >= 4 is 27.3 Å². The Hall–Kier alpha value is -1.75. The quantitative estimate of drug-likeness (QED) is 0.736. The number of morpholine rings is 1. The Kier molecular flexibility index (Phi) is 5.30. The fraction of sp³-hybridized carbons (Fsp3) is 0.556. The molecule has 0 aromatic carbocycles. The standard InChI is InChI=1S/C18H24N4O4S2/c1-13-18(28(24,25)21-6-8-26-9-7-21)14(2)22(19-13)12-17(23)20-5-3-16-15(11-20)4-10-27-16/h4,10H,3,5-9,11-12H2,1-2H3. The summed E-state index contributed by atoms with van der Waals surface area (Å²) in [6.45, 7) is 6.19. The first kappa shape index (κ1) is 19.6. The lowest BCUT2D eigenvalue weighted by molar-refractivity contribution is -0.133. The van der Waals surface area contributed by atoms with Crippen LogP contribution >= 0.6 is 11.3 Å². The summed E-state index contributed by atoms with van der Waals surface area (Å²) in [5.41, 5.74) is 2.13. The molecule has 2 aromatic heterocycles. The normalized spacial score (nSPS) is 18.3. The summed E-state index contributed by atoms with van der Waals surface area (Å²) in [6.07, 6.45) is 0.868. The molecule has 0 spiro atoms. The van der Waals surface area contributed by atoms with E-state index in [9.17, 15) is 13.2 Å². The van der Waals surface area contributed by atoms with Crippen molar-refractivity contribution in [3.63, 3.8) is 0 Å². The van der Waals surface area contributed by atoms with Crippen LogP contribution in [0, 0.1) is 13.8 Å². The van der Waals surface area contributed by atoms with Crippen LogP contribution in [0.15, 0.2) is 16.3 Å². The van der Waals surface area contributed by atoms with Crippen molar-refractivity contribution in [2.24, 2.45) is 0 Å². The molecule has 0 unspecified atom stereocenters. The molecule has 1 saturated heterocycles. The van der Waals surface area contributed by atoms with Crippen LogP contribution in [0.2, 0.25) is 0 Å². The summed E-state index contributed by atoms with van der Waals surface area (Å²) in [7, 11) is -3.65. The molecule has 2 aliphatic rings. The van der Waals surface area contributed by atoms with Gasteiger partial charge in [0.15, 0.2) is 0 Å². The fourth-order valence-electron chi connectivity index (χ4n) is 3.81. The third-order valence-corrected chi connectivity index (χ3v) is 8.50. The molecule has 8 nitrogen and oxygen atoms in total. The zero-order valence-corrected chi connectivity index (χ0v) is 17.7. The summed E-state index contributed by atoms with van der Waals surface area (Å²) < 4.78 is 34.3. The first-order valence-corrected chi connectivity index (χ1v) is 11.6. The lowest BCUT2D eigenvalue weighted by Gasteiger charge is -2.27. The van der Waals surface area contributed by atoms with E-state index in [1.807, 2.05) is 4.90 Å². The number of hydrogen-bond donors (Lipinski definition) is 0. The van der Waals surface area contributed by atoms with E-state index >= 15 is 0 Å². The van der Waals surface area contributed by atoms with Gasteiger partial charge in [-0.25, -0.2) is 8.42 Å². The Morgan fingerprint density at radius 3 is 2.75 bits per heavy atom. The van der Waals surface area contributed by atoms with Gasteiger partial charge in [0.2, 0.25) is 15.9 Å². The van der Waals surface area contributed by atoms with E-state index in [0.717, 1.165) is 6.42 Å². The molecule has 152 valence electrons. The lowest BCUT2D eigenvalue weighted by Crippen LogP contribution is -2.41. The highest BCUT2D eigenvalue weighted by Crippen LogP contribution is 2.26. The first-order valence-electron chi connectivity index (χ1n) is 9.33. The number of rotatable bonds is 4. The highest BCUT2D eigenvalue weighted by Gasteiger charge is 2.32. The van der Waals surface area contributed by atoms with Crippen molar-refractivity contribution in [3.8, 4) is 0 Å². The summed E-state index contributed by atoms with van der Waals surface area (Å²) in [4.78, 5) is 16.2. The van der Waals surface area contributed by atoms with Gasteiger partial charge in [-0.05, 0) is 37.3 Å². The van der Waals surface area contributed by atoms with Gasteiger partial charge in [0.25, 0.3) is 0 Å². The fourth-order valence-corrected chi connectivity index (χ4v) is 6.48. The van der Waals surface area contributed by atoms with Crippen LogP contribution in [0.1, 0.15) is 21.8 Å². The summed E-state index contributed by atoms with van der Waals surface area (Å²) in [5, 5.41) is 6.43. The van der Waals surface area contributed by atoms with Gasteiger partial charge in [-0.15, -0.1) is 11.3 Å². The predicted molar refractivity (Wildman–Crippen MR) is 105 cm³/mol. The molecule has 0 bridgehead atoms. The minimum atomic E-state index is -3.65. The number of nitrogens with zero attached hydrogens (tertiary/aromatic N) is 4. The van der Waals surface area contributed by atoms with Gasteiger partial charge in [-0.2, -0.15) is 9.40 Å². The van der Waals surface area contributed by atoms with Crippen molar-refractivity contribution in [1.82, 2.24) is 19.0 Å². The lowest BCUT2D eigenvalue weighted by atomic mass is 10.1. The van der Waals surface area contributed by atoms with Crippen molar-refractivity contribution < 1.29 is 17.9 Å². The largest absolute Gasteiger partial charge is 0.379 e. The number of hydrogen-bond acceptors (Lipinski definition) is 6. The monoisotopic (exact) mass is 424 g/mol. The van der Waals surface area contributed by atoms with E-state index in [0.29, 0.717) is 50.8 Å². The maximum absolute atomic E-state index is 13.1. The Balaban J connectivity index is 1.53. The minimum absolute atomic E-state index is 0.0437. The molecular formula is C18H24N4O4S2. The Bertz CT molecular complexity index is 989. The molecular weight excluding hydrogens is 400 g/mol. The molecule has 0 atom stereocenters. The number of carbonyl (C=O) groups is 1. The van der Waals surface area contributed by atoms with E-state index in [1.54, 1.807) is 25.2 Å². The third kappa shape index (κ3) is 3.49. The molecule has 4 heterocycles. The van der Waals surface area contributed by atoms with E-state index in [2.05, 4.69) is 16.5 Å². The van der Waals surface area contributed by atoms with Crippen molar-refractivity contribution in [3.05, 3.63) is 33.3 Å². The molecule has 0 saturated carbocycles. The van der Waals surface area contributed by atoms with Gasteiger partial charge in [-0.3, -0.25) is 9.48 Å². The van der Waals surface area contributed by atoms with Crippen LogP contribution in [-0.4, -0.2) is 66.2 Å². The zero-order valence-electron chi connectivity index (χ0n) is 16.0. The van der Waals surface area contributed by atoms with Crippen LogP contribution in [-0.2, 0) is 39.1 Å². The summed E-state index contributed by atoms with van der Waals surface area (Å²) in [6, 6.07) is 2.07. The Labute approximate surface area is 168 Å². The number of fused-ring (bicyclic) bond motifs is 1. The maximum atomic E-state index is 13.1. The minimum Gasteiger partial charge on any atom is -0.379 e. The maximum Gasteiger partial charge on any atom is 0.246 e. The van der Waals surface area contributed by atoms with Gasteiger partial charge in [-0.1, -0.05) is 0 Å². The second-order valence-electron chi connectivity index (χ2n) is 7.11. The summed E-state index contributed by atoms with van der Waals surface area (Å²) in [5.74, 6) is -0.0437. The van der Waals surface area contributed by atoms with E-state index in [1.165, 1.54) is 19.4 Å². The molecule has 0 N–H and O–H groups in total. The smallest absolute Gasteiger partial charge is 0.246 e.